The van der Waals surface area contributed by atoms with Crippen molar-refractivity contribution in [2.75, 3.05) is 18.5 Å². The minimum absolute atomic E-state index is 0.123. The number of nitrogens with zero attached hydrogens (tertiary/aromatic N) is 1. The molecule has 0 unspecified atom stereocenters. The molecule has 0 aliphatic carbocycles. The van der Waals surface area contributed by atoms with Crippen molar-refractivity contribution in [1.82, 2.24) is 4.98 Å². The molecule has 5 nitrogen and oxygen atoms in total. The van der Waals surface area contributed by atoms with Crippen molar-refractivity contribution in [3.8, 4) is 11.5 Å². The first-order chi connectivity index (χ1) is 10.6. The monoisotopic (exact) mass is 384 g/mol. The van der Waals surface area contributed by atoms with Crippen molar-refractivity contribution in [2.45, 2.75) is 20.3 Å². The van der Waals surface area contributed by atoms with Crippen molar-refractivity contribution >= 4 is 38.3 Å². The molecular formula is C15H17BrN2O3S. The Morgan fingerprint density at radius 3 is 2.55 bits per heavy atom. The van der Waals surface area contributed by atoms with Crippen LogP contribution >= 0.6 is 27.3 Å². The van der Waals surface area contributed by atoms with Crippen LogP contribution in [-0.2, 0) is 11.2 Å². The number of rotatable bonds is 7. The van der Waals surface area contributed by atoms with Gasteiger partial charge < -0.3 is 14.8 Å². The Bertz CT molecular complexity index is 632. The van der Waals surface area contributed by atoms with Crippen molar-refractivity contribution in [3.05, 3.63) is 33.7 Å². The number of anilines is 1. The van der Waals surface area contributed by atoms with Gasteiger partial charge in [-0.1, -0.05) is 15.9 Å². The molecule has 1 heterocycles. The van der Waals surface area contributed by atoms with Crippen LogP contribution in [0.4, 0.5) is 5.13 Å². The summed E-state index contributed by atoms with van der Waals surface area (Å²) < 4.78 is 12.0. The smallest absolute Gasteiger partial charge is 0.230 e. The standard InChI is InChI=1S/C15H17BrN2O3S/c1-3-20-12-7-10(11(16)9-13(12)21-4-2)8-14(19)18-15-17-5-6-22-15/h5-7,9H,3-4,8H2,1-2H3,(H,17,18,19). The van der Waals surface area contributed by atoms with Crippen LogP contribution in [0, 0.1) is 0 Å². The Kier molecular flexibility index (Phi) is 6.21. The lowest BCUT2D eigenvalue weighted by Gasteiger charge is -2.14. The van der Waals surface area contributed by atoms with Gasteiger partial charge in [-0.15, -0.1) is 11.3 Å². The summed E-state index contributed by atoms with van der Waals surface area (Å²) in [6.45, 7) is 4.91. The van der Waals surface area contributed by atoms with E-state index in [4.69, 9.17) is 9.47 Å². The molecule has 2 rings (SSSR count). The first-order valence-corrected chi connectivity index (χ1v) is 8.58. The lowest BCUT2D eigenvalue weighted by Crippen LogP contribution is -2.14. The van der Waals surface area contributed by atoms with Crippen LogP contribution < -0.4 is 14.8 Å². The van der Waals surface area contributed by atoms with Crippen molar-refractivity contribution in [3.63, 3.8) is 0 Å². The molecule has 22 heavy (non-hydrogen) atoms. The van der Waals surface area contributed by atoms with E-state index in [2.05, 4.69) is 26.2 Å². The van der Waals surface area contributed by atoms with Crippen LogP contribution in [0.2, 0.25) is 0 Å². The summed E-state index contributed by atoms with van der Waals surface area (Å²) in [6, 6.07) is 3.67. The maximum absolute atomic E-state index is 12.1. The Morgan fingerprint density at radius 1 is 1.27 bits per heavy atom. The number of benzene rings is 1. The molecule has 118 valence electrons. The van der Waals surface area contributed by atoms with Crippen LogP contribution in [0.5, 0.6) is 11.5 Å². The van der Waals surface area contributed by atoms with Gasteiger partial charge in [-0.3, -0.25) is 4.79 Å². The van der Waals surface area contributed by atoms with Crippen molar-refractivity contribution in [2.24, 2.45) is 0 Å². The van der Waals surface area contributed by atoms with E-state index in [1.807, 2.05) is 31.4 Å². The topological polar surface area (TPSA) is 60.5 Å². The first kappa shape index (κ1) is 16.8. The molecule has 0 aliphatic rings. The third-order valence-corrected chi connectivity index (χ3v) is 4.17. The average molecular weight is 385 g/mol. The number of thiazole rings is 1. The quantitative estimate of drug-likeness (QED) is 0.786. The predicted octanol–water partition coefficient (Wildman–Crippen LogP) is 3.88. The van der Waals surface area contributed by atoms with E-state index < -0.39 is 0 Å². The summed E-state index contributed by atoms with van der Waals surface area (Å²) in [4.78, 5) is 16.1. The lowest BCUT2D eigenvalue weighted by molar-refractivity contribution is -0.115. The van der Waals surface area contributed by atoms with Gasteiger partial charge in [0.05, 0.1) is 19.6 Å². The van der Waals surface area contributed by atoms with E-state index >= 15 is 0 Å². The summed E-state index contributed by atoms with van der Waals surface area (Å²) in [6.07, 6.45) is 1.88. The molecule has 0 bridgehead atoms. The van der Waals surface area contributed by atoms with Crippen molar-refractivity contribution in [1.29, 1.82) is 0 Å². The number of hydrogen-bond acceptors (Lipinski definition) is 5. The van der Waals surface area contributed by atoms with Crippen LogP contribution in [0.3, 0.4) is 0 Å². The Hall–Kier alpha value is -1.60. The van der Waals surface area contributed by atoms with E-state index in [-0.39, 0.29) is 12.3 Å². The van der Waals surface area contributed by atoms with Crippen LogP contribution in [-0.4, -0.2) is 24.1 Å². The van der Waals surface area contributed by atoms with Crippen molar-refractivity contribution < 1.29 is 14.3 Å². The van der Waals surface area contributed by atoms with Gasteiger partial charge in [-0.05, 0) is 31.5 Å². The number of nitrogens with one attached hydrogen (secondary N) is 1. The molecule has 0 fully saturated rings. The molecule has 2 aromatic rings. The minimum Gasteiger partial charge on any atom is -0.490 e. The number of aromatic nitrogens is 1. The normalized spacial score (nSPS) is 10.3. The number of amides is 1. The van der Waals surface area contributed by atoms with Gasteiger partial charge in [-0.2, -0.15) is 0 Å². The summed E-state index contributed by atoms with van der Waals surface area (Å²) in [5, 5.41) is 5.17. The third-order valence-electron chi connectivity index (χ3n) is 2.74. The molecule has 0 atom stereocenters. The highest BCUT2D eigenvalue weighted by Gasteiger charge is 2.14. The van der Waals surface area contributed by atoms with E-state index in [9.17, 15) is 4.79 Å². The second kappa shape index (κ2) is 8.14. The fourth-order valence-corrected chi connectivity index (χ4v) is 2.88. The molecule has 0 spiro atoms. The lowest BCUT2D eigenvalue weighted by atomic mass is 10.1. The minimum atomic E-state index is -0.123. The average Bonchev–Trinajstić information content (AvgIpc) is 2.97. The fourth-order valence-electron chi connectivity index (χ4n) is 1.87. The molecule has 0 saturated heterocycles. The van der Waals surface area contributed by atoms with E-state index in [0.717, 1.165) is 10.0 Å². The summed E-state index contributed by atoms with van der Waals surface area (Å²) >= 11 is 4.87. The zero-order chi connectivity index (χ0) is 15.9. The molecule has 1 N–H and O–H groups in total. The Labute approximate surface area is 141 Å². The van der Waals surface area contributed by atoms with E-state index in [0.29, 0.717) is 29.8 Å². The number of carbonyl (C=O) groups is 1. The number of halogens is 1. The molecule has 1 aromatic carbocycles. The summed E-state index contributed by atoms with van der Waals surface area (Å²) in [7, 11) is 0. The molecular weight excluding hydrogens is 368 g/mol. The highest BCUT2D eigenvalue weighted by molar-refractivity contribution is 9.10. The molecule has 0 aliphatic heterocycles. The zero-order valence-corrected chi connectivity index (χ0v) is 14.8. The van der Waals surface area contributed by atoms with Gasteiger partial charge in [0, 0.05) is 16.0 Å². The molecule has 1 amide bonds. The van der Waals surface area contributed by atoms with Gasteiger partial charge in [0.15, 0.2) is 16.6 Å². The second-order valence-electron chi connectivity index (χ2n) is 4.32. The molecule has 7 heteroatoms. The number of hydrogen-bond donors (Lipinski definition) is 1. The Balaban J connectivity index is 2.15. The van der Waals surface area contributed by atoms with Gasteiger partial charge in [0.1, 0.15) is 0 Å². The largest absolute Gasteiger partial charge is 0.490 e. The van der Waals surface area contributed by atoms with Crippen LogP contribution in [0.25, 0.3) is 0 Å². The third kappa shape index (κ3) is 4.45. The van der Waals surface area contributed by atoms with Gasteiger partial charge in [0.25, 0.3) is 0 Å². The first-order valence-electron chi connectivity index (χ1n) is 6.91. The van der Waals surface area contributed by atoms with E-state index in [1.54, 1.807) is 6.20 Å². The fraction of sp³-hybridized carbons (Fsp3) is 0.333. The van der Waals surface area contributed by atoms with Gasteiger partial charge in [-0.25, -0.2) is 4.98 Å². The second-order valence-corrected chi connectivity index (χ2v) is 6.07. The maximum atomic E-state index is 12.1. The highest BCUT2D eigenvalue weighted by atomic mass is 79.9. The summed E-state index contributed by atoms with van der Waals surface area (Å²) in [5.74, 6) is 1.19. The zero-order valence-electron chi connectivity index (χ0n) is 12.4. The van der Waals surface area contributed by atoms with Crippen LogP contribution in [0.1, 0.15) is 19.4 Å². The summed E-state index contributed by atoms with van der Waals surface area (Å²) in [5.41, 5.74) is 0.834. The van der Waals surface area contributed by atoms with E-state index in [1.165, 1.54) is 11.3 Å². The van der Waals surface area contributed by atoms with Gasteiger partial charge in [0.2, 0.25) is 5.91 Å². The molecule has 1 aromatic heterocycles. The molecule has 0 radical (unpaired) electrons. The predicted molar refractivity (Wildman–Crippen MR) is 90.9 cm³/mol. The maximum Gasteiger partial charge on any atom is 0.230 e. The number of carbonyl (C=O) groups excluding carboxylic acids is 1. The van der Waals surface area contributed by atoms with Crippen LogP contribution in [0.15, 0.2) is 28.2 Å². The highest BCUT2D eigenvalue weighted by Crippen LogP contribution is 2.34. The number of ether oxygens (including phenoxy) is 2. The Morgan fingerprint density at radius 2 is 1.95 bits per heavy atom. The molecule has 0 saturated carbocycles. The van der Waals surface area contributed by atoms with Gasteiger partial charge >= 0.3 is 0 Å². The SMILES string of the molecule is CCOc1cc(Br)c(CC(=O)Nc2nccs2)cc1OCC.